The molecule has 1 aromatic rings. The Morgan fingerprint density at radius 3 is 2.50 bits per heavy atom. The molecule has 1 aromatic heterocycles. The van der Waals surface area contributed by atoms with Crippen LogP contribution in [0.4, 0.5) is 6.01 Å². The Bertz CT molecular complexity index is 492. The van der Waals surface area contributed by atoms with Crippen LogP contribution in [0.3, 0.4) is 0 Å². The van der Waals surface area contributed by atoms with Crippen molar-refractivity contribution in [2.24, 2.45) is 5.41 Å². The predicted octanol–water partition coefficient (Wildman–Crippen LogP) is 2.13. The number of hydrogen-bond acceptors (Lipinski definition) is 5. The van der Waals surface area contributed by atoms with Crippen molar-refractivity contribution < 1.29 is 19.1 Å². The lowest BCUT2D eigenvalue weighted by molar-refractivity contribution is -0.140. The summed E-state index contributed by atoms with van der Waals surface area (Å²) in [6, 6.07) is 0.0637. The maximum absolute atomic E-state index is 12.0. The number of carbonyl (C=O) groups is 2. The van der Waals surface area contributed by atoms with E-state index in [4.69, 9.17) is 9.52 Å². The maximum atomic E-state index is 12.0. The Morgan fingerprint density at radius 2 is 1.95 bits per heavy atom. The number of hydrogen-bond donors (Lipinski definition) is 2. The van der Waals surface area contributed by atoms with Crippen LogP contribution in [0.1, 0.15) is 50.8 Å². The monoisotopic (exact) mass is 281 g/mol. The van der Waals surface area contributed by atoms with Gasteiger partial charge in [-0.1, -0.05) is 24.4 Å². The molecule has 0 bridgehead atoms. The molecular weight excluding hydrogens is 262 g/mol. The second-order valence-electron chi connectivity index (χ2n) is 5.48. The lowest BCUT2D eigenvalue weighted by Crippen LogP contribution is -2.32. The minimum absolute atomic E-state index is 0.0310. The number of carboxylic acids is 1. The smallest absolute Gasteiger partial charge is 0.322 e. The van der Waals surface area contributed by atoms with E-state index in [1.54, 1.807) is 6.92 Å². The van der Waals surface area contributed by atoms with Gasteiger partial charge in [-0.25, -0.2) is 0 Å². The van der Waals surface area contributed by atoms with Crippen LogP contribution < -0.4 is 5.32 Å². The van der Waals surface area contributed by atoms with Gasteiger partial charge < -0.3 is 9.52 Å². The Balaban J connectivity index is 1.99. The van der Waals surface area contributed by atoms with Gasteiger partial charge in [0.15, 0.2) is 0 Å². The van der Waals surface area contributed by atoms with Crippen molar-refractivity contribution in [2.45, 2.75) is 51.9 Å². The zero-order valence-corrected chi connectivity index (χ0v) is 11.5. The molecule has 1 heterocycles. The van der Waals surface area contributed by atoms with Crippen LogP contribution in [-0.2, 0) is 9.59 Å². The van der Waals surface area contributed by atoms with Crippen molar-refractivity contribution in [3.05, 3.63) is 5.89 Å². The first-order valence-corrected chi connectivity index (χ1v) is 6.81. The van der Waals surface area contributed by atoms with E-state index < -0.39 is 11.4 Å². The Labute approximate surface area is 116 Å². The third kappa shape index (κ3) is 3.79. The Kier molecular flexibility index (Phi) is 4.36. The fraction of sp³-hybridized carbons (Fsp3) is 0.692. The molecule has 1 saturated carbocycles. The SMILES string of the molecule is Cc1nnc(NC(=O)CC2(CC(=O)O)CCCCC2)o1. The van der Waals surface area contributed by atoms with E-state index in [-0.39, 0.29) is 24.8 Å². The van der Waals surface area contributed by atoms with Crippen molar-refractivity contribution in [1.29, 1.82) is 0 Å². The van der Waals surface area contributed by atoms with Gasteiger partial charge in [-0.15, -0.1) is 5.10 Å². The van der Waals surface area contributed by atoms with Crippen molar-refractivity contribution in [3.8, 4) is 0 Å². The number of aliphatic carboxylic acids is 1. The van der Waals surface area contributed by atoms with Gasteiger partial charge in [0.1, 0.15) is 0 Å². The number of nitrogens with one attached hydrogen (secondary N) is 1. The van der Waals surface area contributed by atoms with E-state index >= 15 is 0 Å². The molecule has 0 atom stereocenters. The first-order chi connectivity index (χ1) is 9.49. The Morgan fingerprint density at radius 1 is 1.25 bits per heavy atom. The average molecular weight is 281 g/mol. The molecule has 0 radical (unpaired) electrons. The molecule has 1 amide bonds. The van der Waals surface area contributed by atoms with E-state index in [1.165, 1.54) is 0 Å². The van der Waals surface area contributed by atoms with Gasteiger partial charge in [0.2, 0.25) is 11.8 Å². The highest BCUT2D eigenvalue weighted by Crippen LogP contribution is 2.42. The predicted molar refractivity (Wildman–Crippen MR) is 70.1 cm³/mol. The van der Waals surface area contributed by atoms with Gasteiger partial charge in [-0.3, -0.25) is 14.9 Å². The van der Waals surface area contributed by atoms with Crippen LogP contribution in [0.15, 0.2) is 4.42 Å². The minimum atomic E-state index is -0.853. The van der Waals surface area contributed by atoms with Crippen LogP contribution in [0, 0.1) is 12.3 Å². The van der Waals surface area contributed by atoms with Gasteiger partial charge in [-0.05, 0) is 18.3 Å². The number of nitrogens with zero attached hydrogens (tertiary/aromatic N) is 2. The standard InChI is InChI=1S/C13H19N3O4/c1-9-15-16-12(20-9)14-10(17)7-13(8-11(18)19)5-3-2-4-6-13/h2-8H2,1H3,(H,18,19)(H,14,16,17). The number of aromatic nitrogens is 2. The van der Waals surface area contributed by atoms with Crippen LogP contribution >= 0.6 is 0 Å². The molecule has 1 fully saturated rings. The van der Waals surface area contributed by atoms with Crippen LogP contribution in [0.25, 0.3) is 0 Å². The number of carboxylic acid groups (broad SMARTS) is 1. The second kappa shape index (κ2) is 6.02. The summed E-state index contributed by atoms with van der Waals surface area (Å²) in [6.45, 7) is 1.63. The van der Waals surface area contributed by atoms with Gasteiger partial charge >= 0.3 is 12.0 Å². The fourth-order valence-electron chi connectivity index (χ4n) is 2.89. The maximum Gasteiger partial charge on any atom is 0.322 e. The molecular formula is C13H19N3O4. The van der Waals surface area contributed by atoms with Gasteiger partial charge in [0.25, 0.3) is 0 Å². The van der Waals surface area contributed by atoms with Gasteiger partial charge in [0.05, 0.1) is 6.42 Å². The third-order valence-electron chi connectivity index (χ3n) is 3.75. The first kappa shape index (κ1) is 14.5. The number of carbonyl (C=O) groups excluding carboxylic acids is 1. The Hall–Kier alpha value is -1.92. The minimum Gasteiger partial charge on any atom is -0.481 e. The van der Waals surface area contributed by atoms with Crippen LogP contribution in [0.5, 0.6) is 0 Å². The summed E-state index contributed by atoms with van der Waals surface area (Å²) in [5.74, 6) is -0.747. The molecule has 110 valence electrons. The lowest BCUT2D eigenvalue weighted by Gasteiger charge is -2.35. The molecule has 0 saturated heterocycles. The summed E-state index contributed by atoms with van der Waals surface area (Å²) in [4.78, 5) is 23.1. The third-order valence-corrected chi connectivity index (χ3v) is 3.75. The molecule has 1 aliphatic rings. The van der Waals surface area contributed by atoms with Crippen molar-refractivity contribution in [1.82, 2.24) is 10.2 Å². The van der Waals surface area contributed by atoms with Crippen molar-refractivity contribution >= 4 is 17.9 Å². The molecule has 0 aliphatic heterocycles. The van der Waals surface area contributed by atoms with Gasteiger partial charge in [0, 0.05) is 13.3 Å². The van der Waals surface area contributed by atoms with E-state index in [2.05, 4.69) is 15.5 Å². The summed E-state index contributed by atoms with van der Waals surface area (Å²) < 4.78 is 5.09. The quantitative estimate of drug-likeness (QED) is 0.856. The van der Waals surface area contributed by atoms with Gasteiger partial charge in [-0.2, -0.15) is 0 Å². The molecule has 0 aromatic carbocycles. The molecule has 2 rings (SSSR count). The second-order valence-corrected chi connectivity index (χ2v) is 5.48. The highest BCUT2D eigenvalue weighted by molar-refractivity contribution is 5.89. The average Bonchev–Trinajstić information content (AvgIpc) is 2.74. The molecule has 0 unspecified atom stereocenters. The number of anilines is 1. The molecule has 0 spiro atoms. The summed E-state index contributed by atoms with van der Waals surface area (Å²) in [6.07, 6.45) is 4.81. The molecule has 2 N–H and O–H groups in total. The first-order valence-electron chi connectivity index (χ1n) is 6.81. The molecule has 20 heavy (non-hydrogen) atoms. The zero-order chi connectivity index (χ0) is 14.6. The van der Waals surface area contributed by atoms with Crippen LogP contribution in [-0.4, -0.2) is 27.2 Å². The molecule has 7 heteroatoms. The highest BCUT2D eigenvalue weighted by atomic mass is 16.4. The summed E-state index contributed by atoms with van der Waals surface area (Å²) in [5.41, 5.74) is -0.441. The highest BCUT2D eigenvalue weighted by Gasteiger charge is 2.36. The lowest BCUT2D eigenvalue weighted by atomic mass is 9.69. The largest absolute Gasteiger partial charge is 0.481 e. The summed E-state index contributed by atoms with van der Waals surface area (Å²) in [7, 11) is 0. The van der Waals surface area contributed by atoms with E-state index in [9.17, 15) is 9.59 Å². The normalized spacial score (nSPS) is 17.6. The van der Waals surface area contributed by atoms with Crippen LogP contribution in [0.2, 0.25) is 0 Å². The topological polar surface area (TPSA) is 105 Å². The van der Waals surface area contributed by atoms with E-state index in [0.717, 1.165) is 32.1 Å². The number of amides is 1. The zero-order valence-electron chi connectivity index (χ0n) is 11.5. The van der Waals surface area contributed by atoms with E-state index in [1.807, 2.05) is 0 Å². The molecule has 1 aliphatic carbocycles. The van der Waals surface area contributed by atoms with Crippen molar-refractivity contribution in [3.63, 3.8) is 0 Å². The summed E-state index contributed by atoms with van der Waals surface area (Å²) in [5, 5.41) is 18.9. The fourth-order valence-corrected chi connectivity index (χ4v) is 2.89. The number of rotatable bonds is 5. The van der Waals surface area contributed by atoms with E-state index in [0.29, 0.717) is 5.89 Å². The van der Waals surface area contributed by atoms with Crippen molar-refractivity contribution in [2.75, 3.05) is 5.32 Å². The molecule has 7 nitrogen and oxygen atoms in total. The summed E-state index contributed by atoms with van der Waals surface area (Å²) >= 11 is 0. The number of aryl methyl sites for hydroxylation is 1.